The number of carbonyl (C=O) groups is 1. The molecule has 5 rings (SSSR count). The molecule has 1 fully saturated rings. The van der Waals surface area contributed by atoms with E-state index < -0.39 is 0 Å². The predicted octanol–water partition coefficient (Wildman–Crippen LogP) is 4.19. The first-order chi connectivity index (χ1) is 16.6. The summed E-state index contributed by atoms with van der Waals surface area (Å²) in [5, 5.41) is 1.88. The van der Waals surface area contributed by atoms with Gasteiger partial charge in [0.2, 0.25) is 5.89 Å². The molecule has 2 aromatic carbocycles. The lowest BCUT2D eigenvalue weighted by Gasteiger charge is -2.31. The van der Waals surface area contributed by atoms with Crippen LogP contribution in [0.2, 0.25) is 0 Å². The van der Waals surface area contributed by atoms with Gasteiger partial charge in [-0.05, 0) is 38.5 Å². The summed E-state index contributed by atoms with van der Waals surface area (Å²) in [6.07, 6.45) is 4.34. The van der Waals surface area contributed by atoms with Crippen LogP contribution in [0.1, 0.15) is 36.4 Å². The van der Waals surface area contributed by atoms with Gasteiger partial charge in [-0.15, -0.1) is 0 Å². The Morgan fingerprint density at radius 3 is 2.68 bits per heavy atom. The van der Waals surface area contributed by atoms with E-state index in [1.54, 1.807) is 18.2 Å². The third kappa shape index (κ3) is 4.01. The Kier molecular flexibility index (Phi) is 5.98. The number of amides is 1. The van der Waals surface area contributed by atoms with Crippen molar-refractivity contribution >= 4 is 5.91 Å². The summed E-state index contributed by atoms with van der Waals surface area (Å²) < 4.78 is 17.2. The zero-order valence-electron chi connectivity index (χ0n) is 19.5. The zero-order chi connectivity index (χ0) is 23.7. The molecule has 1 amide bonds. The van der Waals surface area contributed by atoms with Crippen molar-refractivity contribution in [3.63, 3.8) is 0 Å². The van der Waals surface area contributed by atoms with Crippen molar-refractivity contribution in [2.45, 2.75) is 38.9 Å². The molecular weight excluding hydrogens is 432 g/mol. The quantitative estimate of drug-likeness (QED) is 0.566. The second-order valence-electron chi connectivity index (χ2n) is 8.30. The van der Waals surface area contributed by atoms with Gasteiger partial charge >= 0.3 is 0 Å². The van der Waals surface area contributed by atoms with Crippen molar-refractivity contribution in [3.05, 3.63) is 77.9 Å². The average Bonchev–Trinajstić information content (AvgIpc) is 3.45. The minimum Gasteiger partial charge on any atom is -0.496 e. The number of ether oxygens (including phenoxy) is 2. The maximum absolute atomic E-state index is 13.4. The van der Waals surface area contributed by atoms with Crippen LogP contribution in [0.5, 0.6) is 11.5 Å². The van der Waals surface area contributed by atoms with Crippen LogP contribution in [-0.2, 0) is 11.3 Å². The standard InChI is InChI=1S/C26H28N4O4/c1-4-33-24-12-8-6-10-19(24)25-27-21(17(2)34-25)16-29-13-14-30-22(26(29)31)15-20(28-30)18-9-5-7-11-23(18)32-3/h5-14,20,22,28H,4,15-16H2,1-3H3. The molecule has 2 aliphatic heterocycles. The minimum absolute atomic E-state index is 0.00911. The van der Waals surface area contributed by atoms with Crippen molar-refractivity contribution in [2.24, 2.45) is 0 Å². The fraction of sp³-hybridized carbons (Fsp3) is 0.308. The Morgan fingerprint density at radius 2 is 1.88 bits per heavy atom. The van der Waals surface area contributed by atoms with Crippen LogP contribution >= 0.6 is 0 Å². The van der Waals surface area contributed by atoms with Crippen molar-refractivity contribution < 1.29 is 18.7 Å². The van der Waals surface area contributed by atoms with Crippen LogP contribution < -0.4 is 14.9 Å². The summed E-state index contributed by atoms with van der Waals surface area (Å²) in [5.41, 5.74) is 5.98. The highest BCUT2D eigenvalue weighted by molar-refractivity contribution is 5.84. The number of methoxy groups -OCH3 is 1. The number of fused-ring (bicyclic) bond motifs is 1. The number of benzene rings is 2. The third-order valence-electron chi connectivity index (χ3n) is 6.22. The fourth-order valence-corrected chi connectivity index (χ4v) is 4.50. The minimum atomic E-state index is -0.301. The Hall–Kier alpha value is -3.78. The Labute approximate surface area is 198 Å². The molecule has 3 aromatic rings. The van der Waals surface area contributed by atoms with Gasteiger partial charge in [0.1, 0.15) is 29.0 Å². The number of nitrogens with zero attached hydrogens (tertiary/aromatic N) is 3. The second kappa shape index (κ2) is 9.23. The van der Waals surface area contributed by atoms with Crippen LogP contribution in [-0.4, -0.2) is 40.6 Å². The second-order valence-corrected chi connectivity index (χ2v) is 8.30. The lowest BCUT2D eigenvalue weighted by Crippen LogP contribution is -2.47. The van der Waals surface area contributed by atoms with E-state index in [-0.39, 0.29) is 18.0 Å². The third-order valence-corrected chi connectivity index (χ3v) is 6.22. The van der Waals surface area contributed by atoms with Gasteiger partial charge in [-0.3, -0.25) is 4.79 Å². The molecular formula is C26H28N4O4. The summed E-state index contributed by atoms with van der Waals surface area (Å²) >= 11 is 0. The van der Waals surface area contributed by atoms with Crippen LogP contribution in [0.3, 0.4) is 0 Å². The van der Waals surface area contributed by atoms with Crippen LogP contribution in [0.15, 0.2) is 65.3 Å². The van der Waals surface area contributed by atoms with Gasteiger partial charge in [-0.25, -0.2) is 10.4 Å². The number of para-hydroxylation sites is 2. The van der Waals surface area contributed by atoms with E-state index in [1.165, 1.54) is 0 Å². The largest absolute Gasteiger partial charge is 0.496 e. The van der Waals surface area contributed by atoms with Crippen molar-refractivity contribution in [2.75, 3.05) is 13.7 Å². The van der Waals surface area contributed by atoms with Crippen molar-refractivity contribution in [3.8, 4) is 23.0 Å². The van der Waals surface area contributed by atoms with Crippen LogP contribution in [0.25, 0.3) is 11.5 Å². The van der Waals surface area contributed by atoms with Gasteiger partial charge in [-0.1, -0.05) is 30.3 Å². The first kappa shape index (κ1) is 22.0. The first-order valence-electron chi connectivity index (χ1n) is 11.4. The Bertz CT molecular complexity index is 1220. The van der Waals surface area contributed by atoms with Gasteiger partial charge < -0.3 is 23.8 Å². The smallest absolute Gasteiger partial charge is 0.251 e. The molecule has 1 aromatic heterocycles. The molecule has 1 N–H and O–H groups in total. The molecule has 1 saturated heterocycles. The summed E-state index contributed by atoms with van der Waals surface area (Å²) in [4.78, 5) is 19.8. The van der Waals surface area contributed by atoms with E-state index in [0.717, 1.165) is 28.3 Å². The molecule has 0 bridgehead atoms. The number of oxazole rings is 1. The number of aromatic nitrogens is 1. The van der Waals surface area contributed by atoms with Gasteiger partial charge in [0.05, 0.1) is 31.9 Å². The fourth-order valence-electron chi connectivity index (χ4n) is 4.50. The number of rotatable bonds is 7. The Morgan fingerprint density at radius 1 is 1.12 bits per heavy atom. The van der Waals surface area contributed by atoms with E-state index in [9.17, 15) is 4.79 Å². The molecule has 0 spiro atoms. The number of hydrazine groups is 1. The molecule has 8 heteroatoms. The number of nitrogens with one attached hydrogen (secondary N) is 1. The molecule has 176 valence electrons. The van der Waals surface area contributed by atoms with E-state index >= 15 is 0 Å². The summed E-state index contributed by atoms with van der Waals surface area (Å²) in [7, 11) is 1.66. The summed E-state index contributed by atoms with van der Waals surface area (Å²) in [5.74, 6) is 2.73. The normalized spacial score (nSPS) is 19.4. The molecule has 2 unspecified atom stereocenters. The number of carbonyl (C=O) groups excluding carboxylic acids is 1. The van der Waals surface area contributed by atoms with E-state index in [1.807, 2.05) is 73.6 Å². The highest BCUT2D eigenvalue weighted by Crippen LogP contribution is 2.36. The molecule has 34 heavy (non-hydrogen) atoms. The highest BCUT2D eigenvalue weighted by atomic mass is 16.5. The monoisotopic (exact) mass is 460 g/mol. The van der Waals surface area contributed by atoms with Crippen LogP contribution in [0.4, 0.5) is 0 Å². The molecule has 0 saturated carbocycles. The van der Waals surface area contributed by atoms with Gasteiger partial charge in [-0.2, -0.15) is 0 Å². The molecule has 3 heterocycles. The summed E-state index contributed by atoms with van der Waals surface area (Å²) in [6.45, 7) is 4.70. The molecule has 0 radical (unpaired) electrons. The van der Waals surface area contributed by atoms with Crippen molar-refractivity contribution in [1.29, 1.82) is 0 Å². The first-order valence-corrected chi connectivity index (χ1v) is 11.4. The molecule has 8 nitrogen and oxygen atoms in total. The molecule has 0 aliphatic carbocycles. The van der Waals surface area contributed by atoms with E-state index in [4.69, 9.17) is 18.9 Å². The van der Waals surface area contributed by atoms with Gasteiger partial charge in [0.15, 0.2) is 0 Å². The van der Waals surface area contributed by atoms with E-state index in [2.05, 4.69) is 5.43 Å². The molecule has 2 aliphatic rings. The van der Waals surface area contributed by atoms with Crippen molar-refractivity contribution in [1.82, 2.24) is 20.3 Å². The van der Waals surface area contributed by atoms with Crippen LogP contribution in [0, 0.1) is 6.92 Å². The Balaban J connectivity index is 1.33. The lowest BCUT2D eigenvalue weighted by atomic mass is 10.00. The maximum Gasteiger partial charge on any atom is 0.251 e. The van der Waals surface area contributed by atoms with E-state index in [0.29, 0.717) is 31.2 Å². The number of hydrogen-bond donors (Lipinski definition) is 1. The average molecular weight is 461 g/mol. The SMILES string of the molecule is CCOc1ccccc1-c1nc(CN2C=CN3NC(c4ccccc4OC)CC3C2=O)c(C)o1. The summed E-state index contributed by atoms with van der Waals surface area (Å²) in [6, 6.07) is 15.2. The predicted molar refractivity (Wildman–Crippen MR) is 127 cm³/mol. The van der Waals surface area contributed by atoms with Gasteiger partial charge in [0.25, 0.3) is 5.91 Å². The highest BCUT2D eigenvalue weighted by Gasteiger charge is 2.41. The maximum atomic E-state index is 13.4. The zero-order valence-corrected chi connectivity index (χ0v) is 19.5. The van der Waals surface area contributed by atoms with Gasteiger partial charge in [0, 0.05) is 18.0 Å². The number of aryl methyl sites for hydroxylation is 1. The lowest BCUT2D eigenvalue weighted by molar-refractivity contribution is -0.135. The molecule has 2 atom stereocenters. The topological polar surface area (TPSA) is 80.1 Å². The number of hydrogen-bond acceptors (Lipinski definition) is 7.